The van der Waals surface area contributed by atoms with Crippen molar-refractivity contribution >= 4 is 33.4 Å². The topological polar surface area (TPSA) is 86.5 Å². The van der Waals surface area contributed by atoms with Crippen molar-refractivity contribution in [2.45, 2.75) is 19.8 Å². The molecule has 2 aromatic rings. The predicted octanol–water partition coefficient (Wildman–Crippen LogP) is 4.52. The number of nitro groups is 1. The second-order valence-corrected chi connectivity index (χ2v) is 6.55. The molecule has 0 bridgehead atoms. The SMILES string of the molecule is CC(C)c1ccc(C(=O)COC(=O)c2ccc(Br)c([N+](=O)[O-])c2)cc1. The first-order valence-corrected chi connectivity index (χ1v) is 8.33. The van der Waals surface area contributed by atoms with Crippen molar-refractivity contribution in [1.82, 2.24) is 0 Å². The van der Waals surface area contributed by atoms with Crippen LogP contribution in [0, 0.1) is 10.1 Å². The Labute approximate surface area is 153 Å². The van der Waals surface area contributed by atoms with Crippen LogP contribution in [0.2, 0.25) is 0 Å². The van der Waals surface area contributed by atoms with Crippen LogP contribution in [0.1, 0.15) is 46.0 Å². The van der Waals surface area contributed by atoms with E-state index in [1.807, 2.05) is 12.1 Å². The number of hydrogen-bond donors (Lipinski definition) is 0. The lowest BCUT2D eigenvalue weighted by Crippen LogP contribution is -2.14. The zero-order valence-electron chi connectivity index (χ0n) is 13.7. The van der Waals surface area contributed by atoms with E-state index < -0.39 is 17.5 Å². The van der Waals surface area contributed by atoms with Gasteiger partial charge in [0.05, 0.1) is 15.0 Å². The molecular formula is C18H16BrNO5. The number of nitrogens with zero attached hydrogens (tertiary/aromatic N) is 1. The minimum atomic E-state index is -0.789. The number of halogens is 1. The normalized spacial score (nSPS) is 10.6. The number of rotatable bonds is 6. The molecule has 6 nitrogen and oxygen atoms in total. The standard InChI is InChI=1S/C18H16BrNO5/c1-11(2)12-3-5-13(6-4-12)17(21)10-25-18(22)14-7-8-15(19)16(9-14)20(23)24/h3-9,11H,10H2,1-2H3. The first kappa shape index (κ1) is 18.8. The number of hydrogen-bond acceptors (Lipinski definition) is 5. The number of ketones is 1. The van der Waals surface area contributed by atoms with Crippen LogP contribution in [0.4, 0.5) is 5.69 Å². The number of nitro benzene ring substituents is 1. The summed E-state index contributed by atoms with van der Waals surface area (Å²) in [6, 6.07) is 11.0. The number of ether oxygens (including phenoxy) is 1. The summed E-state index contributed by atoms with van der Waals surface area (Å²) in [7, 11) is 0. The Balaban J connectivity index is 2.03. The van der Waals surface area contributed by atoms with E-state index in [0.717, 1.165) is 11.6 Å². The van der Waals surface area contributed by atoms with E-state index in [0.29, 0.717) is 11.5 Å². The Hall–Kier alpha value is -2.54. The lowest BCUT2D eigenvalue weighted by atomic mass is 10.0. The fourth-order valence-corrected chi connectivity index (χ4v) is 2.52. The summed E-state index contributed by atoms with van der Waals surface area (Å²) in [4.78, 5) is 34.4. The molecule has 0 spiro atoms. The van der Waals surface area contributed by atoms with E-state index in [1.54, 1.807) is 12.1 Å². The van der Waals surface area contributed by atoms with Crippen molar-refractivity contribution < 1.29 is 19.2 Å². The summed E-state index contributed by atoms with van der Waals surface area (Å²) in [5.41, 5.74) is 1.32. The minimum absolute atomic E-state index is 0.0119. The lowest BCUT2D eigenvalue weighted by Gasteiger charge is -2.07. The van der Waals surface area contributed by atoms with Crippen molar-refractivity contribution in [2.24, 2.45) is 0 Å². The third-order valence-corrected chi connectivity index (χ3v) is 4.28. The molecule has 25 heavy (non-hydrogen) atoms. The summed E-state index contributed by atoms with van der Waals surface area (Å²) in [6.07, 6.45) is 0. The van der Waals surface area contributed by atoms with Crippen LogP contribution in [0.5, 0.6) is 0 Å². The number of carbonyl (C=O) groups is 2. The molecular weight excluding hydrogens is 390 g/mol. The van der Waals surface area contributed by atoms with Crippen molar-refractivity contribution in [3.63, 3.8) is 0 Å². The Morgan fingerprint density at radius 2 is 1.72 bits per heavy atom. The van der Waals surface area contributed by atoms with E-state index in [9.17, 15) is 19.7 Å². The number of benzene rings is 2. The fraction of sp³-hybridized carbons (Fsp3) is 0.222. The molecule has 0 fully saturated rings. The maximum Gasteiger partial charge on any atom is 0.338 e. The molecule has 0 atom stereocenters. The third-order valence-electron chi connectivity index (χ3n) is 3.61. The van der Waals surface area contributed by atoms with Crippen molar-refractivity contribution in [3.05, 3.63) is 73.7 Å². The van der Waals surface area contributed by atoms with Gasteiger partial charge in [0, 0.05) is 11.6 Å². The van der Waals surface area contributed by atoms with Gasteiger partial charge in [-0.05, 0) is 39.5 Å². The van der Waals surface area contributed by atoms with Gasteiger partial charge in [-0.15, -0.1) is 0 Å². The molecule has 0 radical (unpaired) electrons. The smallest absolute Gasteiger partial charge is 0.338 e. The molecule has 0 amide bonds. The summed E-state index contributed by atoms with van der Waals surface area (Å²) in [5, 5.41) is 10.9. The van der Waals surface area contributed by atoms with Crippen molar-refractivity contribution in [3.8, 4) is 0 Å². The van der Waals surface area contributed by atoms with Crippen LogP contribution in [-0.4, -0.2) is 23.3 Å². The highest BCUT2D eigenvalue weighted by molar-refractivity contribution is 9.10. The average Bonchev–Trinajstić information content (AvgIpc) is 2.59. The van der Waals surface area contributed by atoms with Crippen LogP contribution in [0.3, 0.4) is 0 Å². The predicted molar refractivity (Wildman–Crippen MR) is 95.9 cm³/mol. The summed E-state index contributed by atoms with van der Waals surface area (Å²) in [5.74, 6) is -0.770. The molecule has 0 aliphatic heterocycles. The van der Waals surface area contributed by atoms with Gasteiger partial charge in [0.15, 0.2) is 12.4 Å². The number of carbonyl (C=O) groups excluding carboxylic acids is 2. The van der Waals surface area contributed by atoms with E-state index in [-0.39, 0.29) is 21.5 Å². The summed E-state index contributed by atoms with van der Waals surface area (Å²) in [6.45, 7) is 3.68. The maximum atomic E-state index is 12.1. The molecule has 0 saturated carbocycles. The second kappa shape index (κ2) is 8.02. The first-order chi connectivity index (χ1) is 11.8. The Bertz CT molecular complexity index is 815. The minimum Gasteiger partial charge on any atom is -0.454 e. The molecule has 7 heteroatoms. The average molecular weight is 406 g/mol. The largest absolute Gasteiger partial charge is 0.454 e. The van der Waals surface area contributed by atoms with E-state index >= 15 is 0 Å². The van der Waals surface area contributed by atoms with Gasteiger partial charge in [-0.25, -0.2) is 4.79 Å². The van der Waals surface area contributed by atoms with Crippen LogP contribution < -0.4 is 0 Å². The number of Topliss-reactive ketones (excluding diaryl/α,β-unsaturated/α-hetero) is 1. The van der Waals surface area contributed by atoms with Crippen molar-refractivity contribution in [2.75, 3.05) is 6.61 Å². The van der Waals surface area contributed by atoms with E-state index in [2.05, 4.69) is 29.8 Å². The Kier molecular flexibility index (Phi) is 6.03. The first-order valence-electron chi connectivity index (χ1n) is 7.54. The molecule has 130 valence electrons. The molecule has 0 saturated heterocycles. The second-order valence-electron chi connectivity index (χ2n) is 5.70. The highest BCUT2D eigenvalue weighted by atomic mass is 79.9. The lowest BCUT2D eigenvalue weighted by molar-refractivity contribution is -0.385. The molecule has 0 aliphatic carbocycles. The highest BCUT2D eigenvalue weighted by Crippen LogP contribution is 2.26. The molecule has 0 unspecified atom stereocenters. The summed E-state index contributed by atoms with van der Waals surface area (Å²) >= 11 is 3.04. The molecule has 0 aromatic heterocycles. The van der Waals surface area contributed by atoms with Gasteiger partial charge < -0.3 is 4.74 Å². The third kappa shape index (κ3) is 4.73. The Morgan fingerprint density at radius 3 is 2.28 bits per heavy atom. The highest BCUT2D eigenvalue weighted by Gasteiger charge is 2.18. The van der Waals surface area contributed by atoms with Crippen LogP contribution >= 0.6 is 15.9 Å². The van der Waals surface area contributed by atoms with Gasteiger partial charge in [0.2, 0.25) is 0 Å². The fourth-order valence-electron chi connectivity index (χ4n) is 2.13. The van der Waals surface area contributed by atoms with Gasteiger partial charge in [-0.3, -0.25) is 14.9 Å². The molecule has 0 heterocycles. The molecule has 2 rings (SSSR count). The zero-order chi connectivity index (χ0) is 18.6. The van der Waals surface area contributed by atoms with Crippen LogP contribution in [0.25, 0.3) is 0 Å². The van der Waals surface area contributed by atoms with Crippen molar-refractivity contribution in [1.29, 1.82) is 0 Å². The summed E-state index contributed by atoms with van der Waals surface area (Å²) < 4.78 is 5.23. The maximum absolute atomic E-state index is 12.1. The van der Waals surface area contributed by atoms with Gasteiger partial charge in [-0.1, -0.05) is 38.1 Å². The van der Waals surface area contributed by atoms with E-state index in [1.165, 1.54) is 12.1 Å². The van der Waals surface area contributed by atoms with Gasteiger partial charge >= 0.3 is 5.97 Å². The van der Waals surface area contributed by atoms with E-state index in [4.69, 9.17) is 4.74 Å². The monoisotopic (exact) mass is 405 g/mol. The number of esters is 1. The van der Waals surface area contributed by atoms with Crippen LogP contribution in [0.15, 0.2) is 46.9 Å². The zero-order valence-corrected chi connectivity index (χ0v) is 15.3. The molecule has 0 aliphatic rings. The molecule has 2 aromatic carbocycles. The van der Waals surface area contributed by atoms with Crippen LogP contribution in [-0.2, 0) is 4.74 Å². The van der Waals surface area contributed by atoms with Gasteiger partial charge in [0.1, 0.15) is 0 Å². The molecule has 0 N–H and O–H groups in total. The Morgan fingerprint density at radius 1 is 1.12 bits per heavy atom. The van der Waals surface area contributed by atoms with Gasteiger partial charge in [-0.2, -0.15) is 0 Å². The quantitative estimate of drug-likeness (QED) is 0.305. The van der Waals surface area contributed by atoms with Gasteiger partial charge in [0.25, 0.3) is 5.69 Å².